The number of allylic oxidation sites excluding steroid dienone is 1. The number of nitrogens with one attached hydrogen (secondary N) is 1. The monoisotopic (exact) mass is 441 g/mol. The number of hydrogen-bond acceptors (Lipinski definition) is 7. The van der Waals surface area contributed by atoms with Crippen LogP contribution in [-0.2, 0) is 4.74 Å². The van der Waals surface area contributed by atoms with E-state index in [1.807, 2.05) is 5.32 Å². The Morgan fingerprint density at radius 3 is 2.48 bits per heavy atom. The van der Waals surface area contributed by atoms with Crippen molar-refractivity contribution in [1.29, 1.82) is 0 Å². The van der Waals surface area contributed by atoms with Gasteiger partial charge in [-0.2, -0.15) is 13.2 Å². The Balaban J connectivity index is 2.46. The van der Waals surface area contributed by atoms with E-state index in [1.54, 1.807) is 0 Å². The molecule has 2 atom stereocenters. The van der Waals surface area contributed by atoms with Crippen LogP contribution in [0.3, 0.4) is 0 Å². The highest BCUT2D eigenvalue weighted by atomic mass is 35.5. The van der Waals surface area contributed by atoms with Crippen molar-refractivity contribution in [2.45, 2.75) is 25.7 Å². The minimum atomic E-state index is -4.88. The molecular weight excluding hydrogens is 426 g/mol. The van der Waals surface area contributed by atoms with Crippen LogP contribution in [0.1, 0.15) is 17.3 Å². The lowest BCUT2D eigenvalue weighted by molar-refractivity contribution is -0.133. The molecular formula is C16H16ClF4N3O5. The van der Waals surface area contributed by atoms with Crippen LogP contribution in [0, 0.1) is 5.82 Å². The summed E-state index contributed by atoms with van der Waals surface area (Å²) in [5.41, 5.74) is -2.42. The summed E-state index contributed by atoms with van der Waals surface area (Å²) in [5.74, 6) is -2.23. The van der Waals surface area contributed by atoms with Gasteiger partial charge in [0.25, 0.3) is 5.91 Å². The van der Waals surface area contributed by atoms with Crippen molar-refractivity contribution in [1.82, 2.24) is 10.2 Å². The van der Waals surface area contributed by atoms with Gasteiger partial charge in [-0.25, -0.2) is 9.18 Å². The minimum Gasteiger partial charge on any atom is -0.450 e. The van der Waals surface area contributed by atoms with E-state index in [1.165, 1.54) is 6.92 Å². The molecule has 0 aliphatic carbocycles. The van der Waals surface area contributed by atoms with Crippen LogP contribution in [0.15, 0.2) is 23.9 Å². The summed E-state index contributed by atoms with van der Waals surface area (Å²) in [6, 6.07) is 1.43. The maximum absolute atomic E-state index is 14.4. The standard InChI is InChI=1S/C16H16ClF4N3O5/c1-3-29-14(27)22-13(26)7-4-10(9(18)5-8(7)17)24-12(25)6-11(16(19,20)21)23(2)15(24)28/h4-6,12,15,25,28H,3H2,1-2H3,(H,22,26,27). The third-order valence-electron chi connectivity index (χ3n) is 3.91. The second-order valence-corrected chi connectivity index (χ2v) is 6.19. The quantitative estimate of drug-likeness (QED) is 0.618. The number of benzene rings is 1. The fraction of sp³-hybridized carbons (Fsp3) is 0.375. The Morgan fingerprint density at radius 1 is 1.31 bits per heavy atom. The number of hydrogen-bond donors (Lipinski definition) is 3. The Hall–Kier alpha value is -2.57. The predicted molar refractivity (Wildman–Crippen MR) is 92.3 cm³/mol. The number of ether oxygens (including phenoxy) is 1. The number of nitrogens with zero attached hydrogens (tertiary/aromatic N) is 2. The molecule has 0 saturated carbocycles. The third kappa shape index (κ3) is 4.71. The normalized spacial score (nSPS) is 19.7. The lowest BCUT2D eigenvalue weighted by atomic mass is 10.1. The van der Waals surface area contributed by atoms with Crippen molar-refractivity contribution in [3.8, 4) is 0 Å². The molecule has 1 aliphatic heterocycles. The highest BCUT2D eigenvalue weighted by molar-refractivity contribution is 6.34. The number of anilines is 1. The van der Waals surface area contributed by atoms with E-state index in [0.29, 0.717) is 21.9 Å². The topological polar surface area (TPSA) is 102 Å². The zero-order valence-electron chi connectivity index (χ0n) is 15.0. The highest BCUT2D eigenvalue weighted by Crippen LogP contribution is 2.37. The first-order valence-electron chi connectivity index (χ1n) is 8.02. The molecule has 1 aromatic carbocycles. The van der Waals surface area contributed by atoms with E-state index in [4.69, 9.17) is 11.6 Å². The molecule has 1 heterocycles. The second kappa shape index (κ2) is 8.43. The smallest absolute Gasteiger partial charge is 0.431 e. The number of carbonyl (C=O) groups excluding carboxylic acids is 2. The molecule has 2 amide bonds. The summed E-state index contributed by atoms with van der Waals surface area (Å²) in [4.78, 5) is 24.4. The average molecular weight is 442 g/mol. The molecule has 2 unspecified atom stereocenters. The second-order valence-electron chi connectivity index (χ2n) is 5.79. The average Bonchev–Trinajstić information content (AvgIpc) is 2.58. The zero-order chi connectivity index (χ0) is 22.1. The van der Waals surface area contributed by atoms with Gasteiger partial charge < -0.3 is 19.8 Å². The highest BCUT2D eigenvalue weighted by Gasteiger charge is 2.45. The van der Waals surface area contributed by atoms with Gasteiger partial charge in [0, 0.05) is 7.05 Å². The molecule has 29 heavy (non-hydrogen) atoms. The van der Waals surface area contributed by atoms with Crippen LogP contribution in [0.25, 0.3) is 0 Å². The first-order chi connectivity index (χ1) is 13.4. The van der Waals surface area contributed by atoms with Gasteiger partial charge in [0.1, 0.15) is 11.5 Å². The predicted octanol–water partition coefficient (Wildman–Crippen LogP) is 2.16. The van der Waals surface area contributed by atoms with Gasteiger partial charge in [0.2, 0.25) is 6.35 Å². The van der Waals surface area contributed by atoms with E-state index in [0.717, 1.165) is 13.1 Å². The fourth-order valence-corrected chi connectivity index (χ4v) is 2.82. The number of carbonyl (C=O) groups is 2. The van der Waals surface area contributed by atoms with E-state index in [2.05, 4.69) is 4.74 Å². The van der Waals surface area contributed by atoms with E-state index in [-0.39, 0.29) is 6.61 Å². The van der Waals surface area contributed by atoms with Gasteiger partial charge in [0.15, 0.2) is 6.23 Å². The maximum atomic E-state index is 14.4. The van der Waals surface area contributed by atoms with Crippen LogP contribution < -0.4 is 10.2 Å². The van der Waals surface area contributed by atoms with Gasteiger partial charge in [-0.3, -0.25) is 15.0 Å². The molecule has 0 fully saturated rings. The molecule has 0 aromatic heterocycles. The number of amides is 2. The zero-order valence-corrected chi connectivity index (χ0v) is 15.8. The van der Waals surface area contributed by atoms with Crippen molar-refractivity contribution in [2.75, 3.05) is 18.6 Å². The maximum Gasteiger partial charge on any atom is 0.431 e. The number of halogens is 5. The molecule has 3 N–H and O–H groups in total. The van der Waals surface area contributed by atoms with E-state index < -0.39 is 58.5 Å². The SMILES string of the molecule is CCOC(=O)NC(=O)c1cc(N2C(O)C=C(C(F)(F)F)N(C)C2O)c(F)cc1Cl. The largest absolute Gasteiger partial charge is 0.450 e. The van der Waals surface area contributed by atoms with E-state index >= 15 is 0 Å². The molecule has 1 aliphatic rings. The van der Waals surface area contributed by atoms with Gasteiger partial charge >= 0.3 is 12.3 Å². The Labute approximate surface area is 166 Å². The molecule has 160 valence electrons. The van der Waals surface area contributed by atoms with Crippen molar-refractivity contribution in [3.05, 3.63) is 40.3 Å². The molecule has 0 spiro atoms. The lowest BCUT2D eigenvalue weighted by Crippen LogP contribution is -2.56. The minimum absolute atomic E-state index is 0.0338. The molecule has 0 radical (unpaired) electrons. The van der Waals surface area contributed by atoms with Crippen LogP contribution in [0.2, 0.25) is 5.02 Å². The van der Waals surface area contributed by atoms with Crippen molar-refractivity contribution in [2.24, 2.45) is 0 Å². The fourth-order valence-electron chi connectivity index (χ4n) is 2.58. The van der Waals surface area contributed by atoms with Crippen molar-refractivity contribution >= 4 is 29.3 Å². The Bertz CT molecular complexity index is 849. The first kappa shape index (κ1) is 22.7. The number of alkyl carbamates (subject to hydrolysis) is 1. The Morgan fingerprint density at radius 2 is 1.93 bits per heavy atom. The molecule has 1 aromatic rings. The summed E-state index contributed by atoms with van der Waals surface area (Å²) in [6.45, 7) is 1.46. The van der Waals surface area contributed by atoms with Crippen LogP contribution in [0.5, 0.6) is 0 Å². The van der Waals surface area contributed by atoms with Crippen LogP contribution >= 0.6 is 11.6 Å². The van der Waals surface area contributed by atoms with Crippen LogP contribution in [0.4, 0.5) is 28.0 Å². The summed E-state index contributed by atoms with van der Waals surface area (Å²) in [6.07, 6.45) is -9.85. The van der Waals surface area contributed by atoms with Crippen LogP contribution in [-0.4, -0.2) is 59.5 Å². The third-order valence-corrected chi connectivity index (χ3v) is 4.22. The number of aliphatic hydroxyl groups excluding tert-OH is 2. The first-order valence-corrected chi connectivity index (χ1v) is 8.39. The molecule has 8 nitrogen and oxygen atoms in total. The number of alkyl halides is 3. The molecule has 0 bridgehead atoms. The van der Waals surface area contributed by atoms with Crippen molar-refractivity contribution in [3.63, 3.8) is 0 Å². The Kier molecular flexibility index (Phi) is 6.60. The van der Waals surface area contributed by atoms with Crippen molar-refractivity contribution < 1.29 is 42.1 Å². The number of aliphatic hydroxyl groups is 2. The van der Waals surface area contributed by atoms with Gasteiger partial charge in [-0.1, -0.05) is 11.6 Å². The summed E-state index contributed by atoms with van der Waals surface area (Å²) >= 11 is 5.81. The van der Waals surface area contributed by atoms with E-state index in [9.17, 15) is 37.4 Å². The summed E-state index contributed by atoms with van der Waals surface area (Å²) in [7, 11) is 0.880. The van der Waals surface area contributed by atoms with Gasteiger partial charge in [-0.05, 0) is 25.1 Å². The molecule has 0 saturated heterocycles. The van der Waals surface area contributed by atoms with Gasteiger partial charge in [-0.15, -0.1) is 0 Å². The van der Waals surface area contributed by atoms with Gasteiger partial charge in [0.05, 0.1) is 22.9 Å². The molecule has 2 rings (SSSR count). The summed E-state index contributed by atoms with van der Waals surface area (Å²) in [5, 5.41) is 21.7. The summed E-state index contributed by atoms with van der Waals surface area (Å²) < 4.78 is 58.0. The lowest BCUT2D eigenvalue weighted by Gasteiger charge is -2.43. The number of rotatable bonds is 3. The number of imide groups is 1. The molecule has 13 heteroatoms.